The van der Waals surface area contributed by atoms with Gasteiger partial charge in [0.2, 0.25) is 5.91 Å². The van der Waals surface area contributed by atoms with Gasteiger partial charge in [0.05, 0.1) is 18.8 Å². The number of ether oxygens (including phenoxy) is 1. The van der Waals surface area contributed by atoms with Crippen molar-refractivity contribution in [3.8, 4) is 0 Å². The van der Waals surface area contributed by atoms with Crippen molar-refractivity contribution >= 4 is 17.7 Å². The normalized spacial score (nSPS) is 24.3. The highest BCUT2D eigenvalue weighted by Crippen LogP contribution is 2.31. The van der Waals surface area contributed by atoms with E-state index >= 15 is 0 Å². The van der Waals surface area contributed by atoms with Gasteiger partial charge in [0.1, 0.15) is 11.9 Å². The summed E-state index contributed by atoms with van der Waals surface area (Å²) >= 11 is 0. The summed E-state index contributed by atoms with van der Waals surface area (Å²) in [6.07, 6.45) is 1.10. The molecule has 2 aliphatic heterocycles. The van der Waals surface area contributed by atoms with Crippen LogP contribution in [0.1, 0.15) is 31.2 Å². The van der Waals surface area contributed by atoms with E-state index in [1.165, 1.54) is 17.9 Å². The van der Waals surface area contributed by atoms with Crippen molar-refractivity contribution in [2.75, 3.05) is 38.1 Å². The van der Waals surface area contributed by atoms with E-state index in [0.717, 1.165) is 25.9 Å². The van der Waals surface area contributed by atoms with Gasteiger partial charge in [0.15, 0.2) is 0 Å². The van der Waals surface area contributed by atoms with E-state index in [0.29, 0.717) is 17.8 Å². The molecule has 0 bridgehead atoms. The Labute approximate surface area is 146 Å². The first kappa shape index (κ1) is 17.7. The maximum atomic E-state index is 14.6. The summed E-state index contributed by atoms with van der Waals surface area (Å²) in [5.74, 6) is -0.274. The van der Waals surface area contributed by atoms with Crippen molar-refractivity contribution in [3.05, 3.63) is 29.6 Å². The number of hydrogen-bond donors (Lipinski definition) is 1. The van der Waals surface area contributed by atoms with Crippen LogP contribution in [0.4, 0.5) is 14.9 Å². The molecule has 2 fully saturated rings. The van der Waals surface area contributed by atoms with Crippen LogP contribution in [-0.2, 0) is 9.53 Å². The number of hydrogen-bond acceptors (Lipinski definition) is 4. The van der Waals surface area contributed by atoms with Crippen molar-refractivity contribution in [1.29, 1.82) is 0 Å². The molecule has 2 heterocycles. The van der Waals surface area contributed by atoms with Crippen LogP contribution in [0, 0.1) is 5.82 Å². The summed E-state index contributed by atoms with van der Waals surface area (Å²) in [7, 11) is 2.05. The van der Waals surface area contributed by atoms with Crippen LogP contribution in [-0.4, -0.2) is 56.2 Å². The summed E-state index contributed by atoms with van der Waals surface area (Å²) in [6.45, 7) is 3.86. The molecule has 1 aromatic rings. The zero-order valence-electron chi connectivity index (χ0n) is 14.6. The minimum absolute atomic E-state index is 0.178. The lowest BCUT2D eigenvalue weighted by Gasteiger charge is -2.30. The molecule has 1 N–H and O–H groups in total. The van der Waals surface area contributed by atoms with Gasteiger partial charge in [0, 0.05) is 13.5 Å². The molecule has 2 aliphatic rings. The molecular weight excluding hydrogens is 325 g/mol. The van der Waals surface area contributed by atoms with Gasteiger partial charge in [-0.2, -0.15) is 0 Å². The zero-order chi connectivity index (χ0) is 18.0. The number of anilines is 1. The monoisotopic (exact) mass is 349 g/mol. The van der Waals surface area contributed by atoms with Gasteiger partial charge in [-0.25, -0.2) is 9.18 Å². The van der Waals surface area contributed by atoms with Crippen molar-refractivity contribution in [2.24, 2.45) is 0 Å². The quantitative estimate of drug-likeness (QED) is 0.904. The van der Waals surface area contributed by atoms with Crippen LogP contribution in [0.25, 0.3) is 0 Å². The molecule has 1 aromatic carbocycles. The third kappa shape index (κ3) is 4.10. The Morgan fingerprint density at radius 1 is 1.40 bits per heavy atom. The van der Waals surface area contributed by atoms with E-state index in [2.05, 4.69) is 10.2 Å². The van der Waals surface area contributed by atoms with E-state index in [1.54, 1.807) is 12.1 Å². The fraction of sp³-hybridized carbons (Fsp3) is 0.556. The Hall–Kier alpha value is -2.15. The predicted octanol–water partition coefficient (Wildman–Crippen LogP) is 2.10. The summed E-state index contributed by atoms with van der Waals surface area (Å²) in [5, 5.41) is 2.63. The smallest absolute Gasteiger partial charge is 0.414 e. The highest BCUT2D eigenvalue weighted by Gasteiger charge is 2.33. The Morgan fingerprint density at radius 3 is 2.88 bits per heavy atom. The van der Waals surface area contributed by atoms with E-state index in [-0.39, 0.29) is 24.2 Å². The molecule has 0 spiro atoms. The summed E-state index contributed by atoms with van der Waals surface area (Å²) in [6, 6.07) is 4.96. The van der Waals surface area contributed by atoms with Crippen LogP contribution < -0.4 is 10.2 Å². The fourth-order valence-electron chi connectivity index (χ4n) is 3.53. The van der Waals surface area contributed by atoms with Crippen LogP contribution in [0.3, 0.4) is 0 Å². The number of halogens is 1. The highest BCUT2D eigenvalue weighted by atomic mass is 19.1. The van der Waals surface area contributed by atoms with Gasteiger partial charge in [0.25, 0.3) is 0 Å². The van der Waals surface area contributed by atoms with Crippen molar-refractivity contribution in [3.63, 3.8) is 0 Å². The fourth-order valence-corrected chi connectivity index (χ4v) is 3.53. The molecule has 2 amide bonds. The van der Waals surface area contributed by atoms with Crippen molar-refractivity contribution < 1.29 is 18.7 Å². The van der Waals surface area contributed by atoms with Gasteiger partial charge in [-0.1, -0.05) is 6.07 Å². The standard InChI is InChI=1S/C18H24FN3O3/c1-12(23)20-9-15-11-22(18(24)25-15)14-5-6-16(17(19)8-14)13-4-3-7-21(2)10-13/h5-6,8,13,15H,3-4,7,9-11H2,1-2H3,(H,20,23)/t13?,15-/m0/s1. The predicted molar refractivity (Wildman–Crippen MR) is 92.2 cm³/mol. The third-order valence-electron chi connectivity index (χ3n) is 4.81. The molecule has 3 rings (SSSR count). The number of piperidine rings is 1. The second-order valence-corrected chi connectivity index (χ2v) is 6.86. The topological polar surface area (TPSA) is 61.9 Å². The molecular formula is C18H24FN3O3. The Kier molecular flexibility index (Phi) is 5.22. The summed E-state index contributed by atoms with van der Waals surface area (Å²) < 4.78 is 19.9. The number of cyclic esters (lactones) is 1. The van der Waals surface area contributed by atoms with E-state index in [1.807, 2.05) is 7.05 Å². The van der Waals surface area contributed by atoms with E-state index in [4.69, 9.17) is 4.74 Å². The lowest BCUT2D eigenvalue weighted by Crippen LogP contribution is -2.33. The Balaban J connectivity index is 1.70. The zero-order valence-corrected chi connectivity index (χ0v) is 14.6. The van der Waals surface area contributed by atoms with Crippen molar-refractivity contribution in [2.45, 2.75) is 31.8 Å². The maximum Gasteiger partial charge on any atom is 0.414 e. The van der Waals surface area contributed by atoms with Gasteiger partial charge in [-0.15, -0.1) is 0 Å². The molecule has 0 aliphatic carbocycles. The number of likely N-dealkylation sites (tertiary alicyclic amines) is 1. The van der Waals surface area contributed by atoms with Gasteiger partial charge >= 0.3 is 6.09 Å². The largest absolute Gasteiger partial charge is 0.442 e. The molecule has 2 saturated heterocycles. The lowest BCUT2D eigenvalue weighted by atomic mass is 9.90. The molecule has 25 heavy (non-hydrogen) atoms. The molecule has 7 heteroatoms. The Bertz CT molecular complexity index is 667. The molecule has 136 valence electrons. The molecule has 0 saturated carbocycles. The summed E-state index contributed by atoms with van der Waals surface area (Å²) in [4.78, 5) is 26.6. The first-order chi connectivity index (χ1) is 11.9. The SMILES string of the molecule is CC(=O)NC[C@H]1CN(c2ccc(C3CCCN(C)C3)c(F)c2)C(=O)O1. The van der Waals surface area contributed by atoms with E-state index < -0.39 is 12.2 Å². The maximum absolute atomic E-state index is 14.6. The van der Waals surface area contributed by atoms with Gasteiger partial charge < -0.3 is 15.0 Å². The van der Waals surface area contributed by atoms with Crippen LogP contribution in [0.2, 0.25) is 0 Å². The number of benzene rings is 1. The molecule has 0 radical (unpaired) electrons. The molecule has 2 atom stereocenters. The minimum Gasteiger partial charge on any atom is -0.442 e. The highest BCUT2D eigenvalue weighted by molar-refractivity contribution is 5.89. The number of carbonyl (C=O) groups is 2. The van der Waals surface area contributed by atoms with Crippen LogP contribution in [0.15, 0.2) is 18.2 Å². The second kappa shape index (κ2) is 7.39. The first-order valence-electron chi connectivity index (χ1n) is 8.64. The molecule has 1 unspecified atom stereocenters. The third-order valence-corrected chi connectivity index (χ3v) is 4.81. The first-order valence-corrected chi connectivity index (χ1v) is 8.64. The van der Waals surface area contributed by atoms with E-state index in [9.17, 15) is 14.0 Å². The van der Waals surface area contributed by atoms with Crippen LogP contribution in [0.5, 0.6) is 0 Å². The second-order valence-electron chi connectivity index (χ2n) is 6.86. The molecule has 0 aromatic heterocycles. The van der Waals surface area contributed by atoms with Crippen LogP contribution >= 0.6 is 0 Å². The summed E-state index contributed by atoms with van der Waals surface area (Å²) in [5.41, 5.74) is 1.19. The number of amides is 2. The van der Waals surface area contributed by atoms with Gasteiger partial charge in [-0.3, -0.25) is 9.69 Å². The number of nitrogens with zero attached hydrogens (tertiary/aromatic N) is 2. The number of nitrogens with one attached hydrogen (secondary N) is 1. The lowest BCUT2D eigenvalue weighted by molar-refractivity contribution is -0.119. The Morgan fingerprint density at radius 2 is 2.20 bits per heavy atom. The minimum atomic E-state index is -0.514. The van der Waals surface area contributed by atoms with Gasteiger partial charge in [-0.05, 0) is 50.0 Å². The number of likely N-dealkylation sites (N-methyl/N-ethyl adjacent to an activating group) is 1. The number of carbonyl (C=O) groups excluding carboxylic acids is 2. The average Bonchev–Trinajstić information content (AvgIpc) is 2.94. The molecule has 6 nitrogen and oxygen atoms in total. The van der Waals surface area contributed by atoms with Crippen molar-refractivity contribution in [1.82, 2.24) is 10.2 Å². The average molecular weight is 349 g/mol. The number of rotatable bonds is 4.